The van der Waals surface area contributed by atoms with Crippen LogP contribution in [0.15, 0.2) is 60.7 Å². The van der Waals surface area contributed by atoms with Crippen molar-refractivity contribution in [1.82, 2.24) is 14.9 Å². The Bertz CT molecular complexity index is 1550. The van der Waals surface area contributed by atoms with Gasteiger partial charge in [-0.2, -0.15) is 4.98 Å². The van der Waals surface area contributed by atoms with Gasteiger partial charge in [-0.3, -0.25) is 4.90 Å². The molecule has 4 aromatic rings. The van der Waals surface area contributed by atoms with Gasteiger partial charge in [0, 0.05) is 50.3 Å². The van der Waals surface area contributed by atoms with Gasteiger partial charge in [0.25, 0.3) is 0 Å². The minimum absolute atomic E-state index is 0.292. The number of anilines is 1. The Hall–Kier alpha value is -4.50. The molecule has 0 aliphatic carbocycles. The van der Waals surface area contributed by atoms with Gasteiger partial charge < -0.3 is 28.6 Å². The van der Waals surface area contributed by atoms with E-state index in [0.717, 1.165) is 78.2 Å². The first-order chi connectivity index (χ1) is 19.7. The topological polar surface area (TPSA) is 78.4 Å². The lowest BCUT2D eigenvalue weighted by molar-refractivity contribution is 0.174. The molecule has 3 aliphatic heterocycles. The van der Waals surface area contributed by atoms with Crippen molar-refractivity contribution in [3.8, 4) is 46.0 Å². The van der Waals surface area contributed by atoms with E-state index in [9.17, 15) is 0 Å². The molecule has 0 N–H and O–H groups in total. The van der Waals surface area contributed by atoms with Crippen molar-refractivity contribution >= 4 is 5.82 Å². The average Bonchev–Trinajstić information content (AvgIpc) is 3.48. The molecule has 4 heterocycles. The van der Waals surface area contributed by atoms with E-state index in [2.05, 4.69) is 28.0 Å². The number of piperazine rings is 1. The van der Waals surface area contributed by atoms with Crippen LogP contribution < -0.4 is 28.6 Å². The molecule has 7 rings (SSSR count). The molecule has 0 bridgehead atoms. The molecular weight excluding hydrogens is 508 g/mol. The highest BCUT2D eigenvalue weighted by molar-refractivity contribution is 5.66. The molecule has 0 amide bonds. The van der Waals surface area contributed by atoms with E-state index in [0.29, 0.717) is 30.7 Å². The summed E-state index contributed by atoms with van der Waals surface area (Å²) in [6.45, 7) is 4.68. The van der Waals surface area contributed by atoms with Crippen molar-refractivity contribution in [2.75, 3.05) is 52.1 Å². The summed E-state index contributed by atoms with van der Waals surface area (Å²) < 4.78 is 28.4. The molecule has 0 unspecified atom stereocenters. The largest absolute Gasteiger partial charge is 0.497 e. The second-order valence-corrected chi connectivity index (χ2v) is 10.1. The fraction of sp³-hybridized carbons (Fsp3) is 0.290. The molecular formula is C31H30N4O5. The Kier molecular flexibility index (Phi) is 6.28. The number of methoxy groups -OCH3 is 2. The number of benzene rings is 3. The van der Waals surface area contributed by atoms with Gasteiger partial charge in [-0.05, 0) is 48.0 Å². The van der Waals surface area contributed by atoms with Crippen molar-refractivity contribution < 1.29 is 23.7 Å². The zero-order valence-corrected chi connectivity index (χ0v) is 22.6. The van der Waals surface area contributed by atoms with Crippen LogP contribution in [-0.2, 0) is 13.0 Å². The van der Waals surface area contributed by atoms with Crippen LogP contribution in [0.25, 0.3) is 11.4 Å². The smallest absolute Gasteiger partial charge is 0.231 e. The maximum atomic E-state index is 6.41. The van der Waals surface area contributed by atoms with Crippen LogP contribution >= 0.6 is 0 Å². The molecule has 9 heteroatoms. The Morgan fingerprint density at radius 3 is 2.48 bits per heavy atom. The lowest BCUT2D eigenvalue weighted by Gasteiger charge is -2.37. The van der Waals surface area contributed by atoms with Crippen molar-refractivity contribution in [2.45, 2.75) is 13.0 Å². The third kappa shape index (κ3) is 4.52. The van der Waals surface area contributed by atoms with Gasteiger partial charge in [0.05, 0.1) is 19.8 Å². The Morgan fingerprint density at radius 2 is 1.68 bits per heavy atom. The number of hydrogen-bond donors (Lipinski definition) is 0. The molecule has 0 atom stereocenters. The quantitative estimate of drug-likeness (QED) is 0.300. The van der Waals surface area contributed by atoms with E-state index >= 15 is 0 Å². The fourth-order valence-corrected chi connectivity index (χ4v) is 5.50. The van der Waals surface area contributed by atoms with Crippen LogP contribution in [0.3, 0.4) is 0 Å². The molecule has 1 fully saturated rings. The number of aromatic nitrogens is 2. The second-order valence-electron chi connectivity index (χ2n) is 10.1. The second kappa shape index (κ2) is 10.2. The molecule has 204 valence electrons. The number of fused-ring (bicyclic) bond motifs is 3. The van der Waals surface area contributed by atoms with E-state index < -0.39 is 0 Å². The average molecular weight is 539 g/mol. The predicted molar refractivity (Wildman–Crippen MR) is 150 cm³/mol. The molecule has 0 radical (unpaired) electrons. The van der Waals surface area contributed by atoms with E-state index in [1.807, 2.05) is 42.5 Å². The van der Waals surface area contributed by atoms with Gasteiger partial charge in [-0.1, -0.05) is 18.2 Å². The number of nitrogens with zero attached hydrogens (tertiary/aromatic N) is 4. The summed E-state index contributed by atoms with van der Waals surface area (Å²) in [5.74, 6) is 5.97. The lowest BCUT2D eigenvalue weighted by Crippen LogP contribution is -2.46. The summed E-state index contributed by atoms with van der Waals surface area (Å²) in [4.78, 5) is 14.8. The molecule has 9 nitrogen and oxygen atoms in total. The fourth-order valence-electron chi connectivity index (χ4n) is 5.50. The summed E-state index contributed by atoms with van der Waals surface area (Å²) in [6, 6.07) is 20.0. The minimum atomic E-state index is 0.292. The normalized spacial score (nSPS) is 15.7. The maximum absolute atomic E-state index is 6.41. The van der Waals surface area contributed by atoms with Gasteiger partial charge in [0.2, 0.25) is 12.7 Å². The van der Waals surface area contributed by atoms with Crippen LogP contribution in [0.4, 0.5) is 5.82 Å². The summed E-state index contributed by atoms with van der Waals surface area (Å²) in [5, 5.41) is 0. The lowest BCUT2D eigenvalue weighted by atomic mass is 10.0. The highest BCUT2D eigenvalue weighted by atomic mass is 16.7. The standard InChI is InChI=1S/C31H30N4O5/c1-36-23-9-7-21(8-10-23)29-32-30(24-17-22-4-3-5-26(37-2)28(22)40-31(24)33-29)35-14-12-34(13-15-35)18-20-6-11-25-27(16-20)39-19-38-25/h3-11,16H,12-15,17-19H2,1-2H3. The van der Waals surface area contributed by atoms with Crippen LogP contribution in [0.2, 0.25) is 0 Å². The van der Waals surface area contributed by atoms with E-state index in [1.54, 1.807) is 14.2 Å². The highest BCUT2D eigenvalue weighted by Gasteiger charge is 2.30. The van der Waals surface area contributed by atoms with Crippen molar-refractivity contribution in [2.24, 2.45) is 0 Å². The third-order valence-corrected chi connectivity index (χ3v) is 7.66. The van der Waals surface area contributed by atoms with Gasteiger partial charge >= 0.3 is 0 Å². The first-order valence-corrected chi connectivity index (χ1v) is 13.4. The molecule has 0 saturated carbocycles. The van der Waals surface area contributed by atoms with Gasteiger partial charge in [-0.25, -0.2) is 4.98 Å². The summed E-state index contributed by atoms with van der Waals surface area (Å²) in [5.41, 5.74) is 4.19. The maximum Gasteiger partial charge on any atom is 0.231 e. The summed E-state index contributed by atoms with van der Waals surface area (Å²) in [7, 11) is 3.32. The van der Waals surface area contributed by atoms with Crippen molar-refractivity contribution in [3.63, 3.8) is 0 Å². The van der Waals surface area contributed by atoms with Gasteiger partial charge in [0.15, 0.2) is 28.8 Å². The van der Waals surface area contributed by atoms with Gasteiger partial charge in [-0.15, -0.1) is 0 Å². The van der Waals surface area contributed by atoms with Crippen molar-refractivity contribution in [3.05, 3.63) is 77.4 Å². The summed E-state index contributed by atoms with van der Waals surface area (Å²) in [6.07, 6.45) is 0.678. The van der Waals surface area contributed by atoms with E-state index in [-0.39, 0.29) is 0 Å². The molecule has 1 aromatic heterocycles. The third-order valence-electron chi connectivity index (χ3n) is 7.66. The van der Waals surface area contributed by atoms with Gasteiger partial charge in [0.1, 0.15) is 11.6 Å². The highest BCUT2D eigenvalue weighted by Crippen LogP contribution is 2.45. The SMILES string of the molecule is COc1ccc(-c2nc3c(c(N4CCN(Cc5ccc6c(c5)OCO6)CC4)n2)Cc2cccc(OC)c2O3)cc1. The Morgan fingerprint density at radius 1 is 0.850 bits per heavy atom. The summed E-state index contributed by atoms with van der Waals surface area (Å²) >= 11 is 0. The molecule has 3 aliphatic rings. The predicted octanol–water partition coefficient (Wildman–Crippen LogP) is 4.91. The number of para-hydroxylation sites is 1. The van der Waals surface area contributed by atoms with E-state index in [4.69, 9.17) is 33.7 Å². The van der Waals surface area contributed by atoms with Crippen LogP contribution in [0, 0.1) is 0 Å². The number of ether oxygens (including phenoxy) is 5. The zero-order valence-electron chi connectivity index (χ0n) is 22.6. The monoisotopic (exact) mass is 538 g/mol. The van der Waals surface area contributed by atoms with E-state index in [1.165, 1.54) is 5.56 Å². The van der Waals surface area contributed by atoms with Crippen molar-refractivity contribution in [1.29, 1.82) is 0 Å². The van der Waals surface area contributed by atoms with Crippen LogP contribution in [0.5, 0.6) is 34.6 Å². The molecule has 0 spiro atoms. The number of rotatable bonds is 6. The zero-order chi connectivity index (χ0) is 27.1. The molecule has 3 aromatic carbocycles. The number of hydrogen-bond acceptors (Lipinski definition) is 9. The first-order valence-electron chi connectivity index (χ1n) is 13.4. The Labute approximate surface area is 232 Å². The molecule has 1 saturated heterocycles. The minimum Gasteiger partial charge on any atom is -0.497 e. The molecule has 40 heavy (non-hydrogen) atoms. The van der Waals surface area contributed by atoms with Crippen LogP contribution in [0.1, 0.15) is 16.7 Å². The first kappa shape index (κ1) is 24.5. The van der Waals surface area contributed by atoms with Crippen LogP contribution in [-0.4, -0.2) is 62.1 Å². The Balaban J connectivity index is 1.17.